The molecule has 2 aromatic heterocycles. The standard InChI is InChI=1S/C13H12BrF2N3O/c1-8(2)5-10-6-11(14)18-19(10)9-3-4-12(17-7-9)20-13(15)16/h3-7,13H,1-2H3. The van der Waals surface area contributed by atoms with E-state index in [0.717, 1.165) is 11.3 Å². The summed E-state index contributed by atoms with van der Waals surface area (Å²) in [5.74, 6) is -0.126. The third-order valence-corrected chi connectivity index (χ3v) is 2.71. The summed E-state index contributed by atoms with van der Waals surface area (Å²) in [7, 11) is 0. The Morgan fingerprint density at radius 1 is 1.40 bits per heavy atom. The number of ether oxygens (including phenoxy) is 1. The Bertz CT molecular complexity index is 619. The predicted molar refractivity (Wildman–Crippen MR) is 75.0 cm³/mol. The fraction of sp³-hybridized carbons (Fsp3) is 0.231. The van der Waals surface area contributed by atoms with Crippen LogP contribution in [0.3, 0.4) is 0 Å². The molecule has 2 rings (SSSR count). The van der Waals surface area contributed by atoms with Gasteiger partial charge in [-0.3, -0.25) is 0 Å². The van der Waals surface area contributed by atoms with E-state index in [-0.39, 0.29) is 5.88 Å². The maximum absolute atomic E-state index is 12.1. The Hall–Kier alpha value is -1.76. The van der Waals surface area contributed by atoms with Gasteiger partial charge in [0.15, 0.2) is 0 Å². The number of hydrogen-bond donors (Lipinski definition) is 0. The van der Waals surface area contributed by atoms with Gasteiger partial charge in [-0.1, -0.05) is 5.57 Å². The molecular weight excluding hydrogens is 332 g/mol. The Labute approximate surface area is 123 Å². The predicted octanol–water partition coefficient (Wildman–Crippen LogP) is 4.05. The van der Waals surface area contributed by atoms with Gasteiger partial charge in [-0.05, 0) is 48.0 Å². The number of rotatable bonds is 4. The number of hydrogen-bond acceptors (Lipinski definition) is 3. The molecule has 0 saturated carbocycles. The summed E-state index contributed by atoms with van der Waals surface area (Å²) in [6, 6.07) is 4.85. The van der Waals surface area contributed by atoms with E-state index >= 15 is 0 Å². The van der Waals surface area contributed by atoms with Gasteiger partial charge in [-0.15, -0.1) is 0 Å². The molecule has 0 radical (unpaired) electrons. The van der Waals surface area contributed by atoms with E-state index in [1.807, 2.05) is 26.0 Å². The maximum Gasteiger partial charge on any atom is 0.388 e. The van der Waals surface area contributed by atoms with E-state index in [4.69, 9.17) is 0 Å². The second kappa shape index (κ2) is 6.13. The summed E-state index contributed by atoms with van der Waals surface area (Å²) in [6.07, 6.45) is 3.39. The lowest BCUT2D eigenvalue weighted by Crippen LogP contribution is -2.05. The first-order valence-electron chi connectivity index (χ1n) is 5.77. The van der Waals surface area contributed by atoms with Crippen LogP contribution in [0.1, 0.15) is 19.5 Å². The van der Waals surface area contributed by atoms with E-state index in [0.29, 0.717) is 10.3 Å². The van der Waals surface area contributed by atoms with Crippen molar-refractivity contribution in [2.45, 2.75) is 20.5 Å². The van der Waals surface area contributed by atoms with Crippen LogP contribution in [0, 0.1) is 0 Å². The number of halogens is 3. The van der Waals surface area contributed by atoms with Crippen molar-refractivity contribution in [3.8, 4) is 11.6 Å². The molecule has 2 aromatic rings. The Morgan fingerprint density at radius 2 is 2.15 bits per heavy atom. The molecule has 0 saturated heterocycles. The molecule has 0 spiro atoms. The largest absolute Gasteiger partial charge is 0.417 e. The van der Waals surface area contributed by atoms with Gasteiger partial charge in [0.1, 0.15) is 4.60 Å². The number of alkyl halides is 2. The van der Waals surface area contributed by atoms with E-state index in [1.165, 1.54) is 12.3 Å². The monoisotopic (exact) mass is 343 g/mol. The SMILES string of the molecule is CC(C)=Cc1cc(Br)nn1-c1ccc(OC(F)F)nc1. The summed E-state index contributed by atoms with van der Waals surface area (Å²) >= 11 is 3.31. The van der Waals surface area contributed by atoms with Crippen LogP contribution in [0.15, 0.2) is 34.6 Å². The third-order valence-electron chi connectivity index (χ3n) is 2.32. The Balaban J connectivity index is 2.34. The van der Waals surface area contributed by atoms with Crippen molar-refractivity contribution in [2.75, 3.05) is 0 Å². The summed E-state index contributed by atoms with van der Waals surface area (Å²) < 4.78 is 30.7. The van der Waals surface area contributed by atoms with E-state index < -0.39 is 6.61 Å². The van der Waals surface area contributed by atoms with Gasteiger partial charge in [-0.25, -0.2) is 9.67 Å². The Kier molecular flexibility index (Phi) is 4.49. The Morgan fingerprint density at radius 3 is 2.70 bits per heavy atom. The molecule has 0 aliphatic rings. The second-order valence-electron chi connectivity index (χ2n) is 4.26. The van der Waals surface area contributed by atoms with Crippen LogP contribution in [0.5, 0.6) is 5.88 Å². The molecule has 0 aliphatic carbocycles. The topological polar surface area (TPSA) is 39.9 Å². The molecule has 106 valence electrons. The molecule has 0 aromatic carbocycles. The molecule has 0 N–H and O–H groups in total. The highest BCUT2D eigenvalue weighted by atomic mass is 79.9. The van der Waals surface area contributed by atoms with Crippen molar-refractivity contribution in [3.05, 3.63) is 40.3 Å². The molecule has 7 heteroatoms. The van der Waals surface area contributed by atoms with E-state index in [1.54, 1.807) is 10.7 Å². The zero-order valence-corrected chi connectivity index (χ0v) is 12.4. The van der Waals surface area contributed by atoms with Gasteiger partial charge in [0, 0.05) is 6.07 Å². The fourth-order valence-electron chi connectivity index (χ4n) is 1.63. The highest BCUT2D eigenvalue weighted by Crippen LogP contribution is 2.20. The quantitative estimate of drug-likeness (QED) is 0.840. The molecule has 0 aliphatic heterocycles. The molecule has 4 nitrogen and oxygen atoms in total. The first-order chi connectivity index (χ1) is 9.45. The molecule has 0 bridgehead atoms. The van der Waals surface area contributed by atoms with E-state index in [9.17, 15) is 8.78 Å². The van der Waals surface area contributed by atoms with Gasteiger partial charge in [0.2, 0.25) is 5.88 Å². The van der Waals surface area contributed by atoms with Crippen LogP contribution in [0.4, 0.5) is 8.78 Å². The molecule has 0 amide bonds. The second-order valence-corrected chi connectivity index (χ2v) is 5.07. The zero-order valence-electron chi connectivity index (χ0n) is 10.8. The summed E-state index contributed by atoms with van der Waals surface area (Å²) in [5, 5.41) is 4.28. The zero-order chi connectivity index (χ0) is 14.7. The minimum absolute atomic E-state index is 0.126. The molecule has 0 fully saturated rings. The van der Waals surface area contributed by atoms with Crippen molar-refractivity contribution in [2.24, 2.45) is 0 Å². The van der Waals surface area contributed by atoms with Gasteiger partial charge in [-0.2, -0.15) is 13.9 Å². The fourth-order valence-corrected chi connectivity index (χ4v) is 2.02. The van der Waals surface area contributed by atoms with Crippen LogP contribution in [-0.2, 0) is 0 Å². The lowest BCUT2D eigenvalue weighted by atomic mass is 10.2. The first-order valence-corrected chi connectivity index (χ1v) is 6.56. The third kappa shape index (κ3) is 3.63. The smallest absolute Gasteiger partial charge is 0.388 e. The molecule has 0 unspecified atom stereocenters. The molecule has 20 heavy (non-hydrogen) atoms. The molecule has 2 heterocycles. The highest BCUT2D eigenvalue weighted by molar-refractivity contribution is 9.10. The average molecular weight is 344 g/mol. The first kappa shape index (κ1) is 14.6. The lowest BCUT2D eigenvalue weighted by molar-refractivity contribution is -0.0528. The number of aromatic nitrogens is 3. The summed E-state index contributed by atoms with van der Waals surface area (Å²) in [4.78, 5) is 3.83. The minimum atomic E-state index is -2.88. The molecular formula is C13H12BrF2N3O. The number of nitrogens with zero attached hydrogens (tertiary/aromatic N) is 3. The highest BCUT2D eigenvalue weighted by Gasteiger charge is 2.09. The minimum Gasteiger partial charge on any atom is -0.417 e. The van der Waals surface area contributed by atoms with Crippen molar-refractivity contribution in [1.82, 2.24) is 14.8 Å². The van der Waals surface area contributed by atoms with Crippen LogP contribution in [0.25, 0.3) is 11.8 Å². The average Bonchev–Trinajstić information content (AvgIpc) is 2.69. The summed E-state index contributed by atoms with van der Waals surface area (Å²) in [6.45, 7) is 1.07. The lowest BCUT2D eigenvalue weighted by Gasteiger charge is -2.06. The van der Waals surface area contributed by atoms with Crippen LogP contribution in [0.2, 0.25) is 0 Å². The van der Waals surface area contributed by atoms with Gasteiger partial charge in [0.25, 0.3) is 0 Å². The number of pyridine rings is 1. The number of allylic oxidation sites excluding steroid dienone is 1. The van der Waals surface area contributed by atoms with Crippen LogP contribution >= 0.6 is 15.9 Å². The molecule has 0 atom stereocenters. The van der Waals surface area contributed by atoms with Crippen molar-refractivity contribution < 1.29 is 13.5 Å². The maximum atomic E-state index is 12.1. The van der Waals surface area contributed by atoms with Gasteiger partial charge < -0.3 is 4.74 Å². The van der Waals surface area contributed by atoms with E-state index in [2.05, 4.69) is 30.7 Å². The van der Waals surface area contributed by atoms with Crippen LogP contribution in [-0.4, -0.2) is 21.4 Å². The van der Waals surface area contributed by atoms with Gasteiger partial charge >= 0.3 is 6.61 Å². The van der Waals surface area contributed by atoms with Crippen molar-refractivity contribution in [1.29, 1.82) is 0 Å². The normalized spacial score (nSPS) is 10.7. The van der Waals surface area contributed by atoms with Crippen molar-refractivity contribution in [3.63, 3.8) is 0 Å². The van der Waals surface area contributed by atoms with Crippen LogP contribution < -0.4 is 4.74 Å². The summed E-state index contributed by atoms with van der Waals surface area (Å²) in [5.41, 5.74) is 2.63. The van der Waals surface area contributed by atoms with Gasteiger partial charge in [0.05, 0.1) is 17.6 Å². The van der Waals surface area contributed by atoms with Crippen molar-refractivity contribution >= 4 is 22.0 Å².